The fourth-order valence-electron chi connectivity index (χ4n) is 1.72. The second kappa shape index (κ2) is 4.75. The van der Waals surface area contributed by atoms with E-state index in [1.165, 1.54) is 10.8 Å². The minimum absolute atomic E-state index is 1.06. The maximum Gasteiger partial charge on any atom is 0.0709 e. The maximum atomic E-state index is 4.58. The lowest BCUT2D eigenvalue weighted by molar-refractivity contribution is 1.50. The topological polar surface area (TPSA) is 12.9 Å². The molecular weight excluding hydrogens is 194 g/mol. The van der Waals surface area contributed by atoms with Crippen LogP contribution in [-0.4, -0.2) is 4.98 Å². The van der Waals surface area contributed by atoms with Crippen molar-refractivity contribution in [3.63, 3.8) is 0 Å². The number of pyridine rings is 1. The number of nitrogens with zero attached hydrogens (tertiary/aromatic N) is 1. The number of rotatable bonds is 0. The van der Waals surface area contributed by atoms with Gasteiger partial charge in [-0.15, -0.1) is 0 Å². The summed E-state index contributed by atoms with van der Waals surface area (Å²) in [7, 11) is 0. The number of benzene rings is 2. The van der Waals surface area contributed by atoms with Crippen LogP contribution in [0.4, 0.5) is 0 Å². The van der Waals surface area contributed by atoms with Gasteiger partial charge in [0.1, 0.15) is 0 Å². The molecular formula is C15H15N. The number of hydrogen-bond acceptors (Lipinski definition) is 1. The highest BCUT2D eigenvalue weighted by Gasteiger charge is 1.96. The molecule has 0 atom stereocenters. The monoisotopic (exact) mass is 209 g/mol. The van der Waals surface area contributed by atoms with E-state index in [0.717, 1.165) is 11.0 Å². The van der Waals surface area contributed by atoms with Crippen LogP contribution in [0.1, 0.15) is 13.8 Å². The van der Waals surface area contributed by atoms with Crippen LogP contribution in [0.5, 0.6) is 0 Å². The Morgan fingerprint density at radius 3 is 1.62 bits per heavy atom. The van der Waals surface area contributed by atoms with Crippen molar-refractivity contribution in [2.24, 2.45) is 0 Å². The van der Waals surface area contributed by atoms with E-state index in [2.05, 4.69) is 23.2 Å². The van der Waals surface area contributed by atoms with Crippen molar-refractivity contribution in [3.8, 4) is 0 Å². The van der Waals surface area contributed by atoms with Gasteiger partial charge in [-0.05, 0) is 18.2 Å². The minimum atomic E-state index is 1.06. The van der Waals surface area contributed by atoms with E-state index < -0.39 is 0 Å². The van der Waals surface area contributed by atoms with Gasteiger partial charge in [0, 0.05) is 10.8 Å². The van der Waals surface area contributed by atoms with E-state index in [0.29, 0.717) is 0 Å². The third kappa shape index (κ3) is 1.89. The zero-order valence-electron chi connectivity index (χ0n) is 9.64. The van der Waals surface area contributed by atoms with Crippen molar-refractivity contribution in [1.29, 1.82) is 0 Å². The van der Waals surface area contributed by atoms with Crippen LogP contribution < -0.4 is 0 Å². The maximum absolute atomic E-state index is 4.58. The Balaban J connectivity index is 0.000000457. The summed E-state index contributed by atoms with van der Waals surface area (Å²) in [5, 5.41) is 2.40. The molecule has 0 aliphatic rings. The fraction of sp³-hybridized carbons (Fsp3) is 0.133. The quantitative estimate of drug-likeness (QED) is 0.499. The molecule has 16 heavy (non-hydrogen) atoms. The Morgan fingerprint density at radius 1 is 0.688 bits per heavy atom. The molecule has 1 nitrogen and oxygen atoms in total. The van der Waals surface area contributed by atoms with E-state index in [1.54, 1.807) is 0 Å². The molecule has 0 radical (unpaired) electrons. The van der Waals surface area contributed by atoms with Crippen LogP contribution in [0, 0.1) is 0 Å². The fourth-order valence-corrected chi connectivity index (χ4v) is 1.72. The molecule has 1 heterocycles. The molecule has 1 aromatic heterocycles. The summed E-state index contributed by atoms with van der Waals surface area (Å²) in [6, 6.07) is 18.6. The highest BCUT2D eigenvalue weighted by molar-refractivity contribution is 5.92. The van der Waals surface area contributed by atoms with Crippen molar-refractivity contribution in [3.05, 3.63) is 54.6 Å². The average molecular weight is 209 g/mol. The van der Waals surface area contributed by atoms with Gasteiger partial charge in [0.25, 0.3) is 0 Å². The van der Waals surface area contributed by atoms with Crippen LogP contribution in [0.15, 0.2) is 54.6 Å². The van der Waals surface area contributed by atoms with Gasteiger partial charge in [-0.3, -0.25) is 0 Å². The van der Waals surface area contributed by atoms with Crippen LogP contribution in [0.3, 0.4) is 0 Å². The molecule has 0 bridgehead atoms. The average Bonchev–Trinajstić information content (AvgIpc) is 2.38. The third-order valence-corrected chi connectivity index (χ3v) is 2.43. The second-order valence-corrected chi connectivity index (χ2v) is 3.37. The third-order valence-electron chi connectivity index (χ3n) is 2.43. The van der Waals surface area contributed by atoms with Gasteiger partial charge in [-0.25, -0.2) is 4.98 Å². The Morgan fingerprint density at radius 2 is 1.12 bits per heavy atom. The summed E-state index contributed by atoms with van der Waals surface area (Å²) in [5.41, 5.74) is 2.12. The predicted molar refractivity (Wildman–Crippen MR) is 70.6 cm³/mol. The molecule has 0 aliphatic carbocycles. The van der Waals surface area contributed by atoms with Crippen molar-refractivity contribution < 1.29 is 0 Å². The zero-order valence-corrected chi connectivity index (χ0v) is 9.64. The first-order chi connectivity index (χ1) is 7.93. The number of aromatic nitrogens is 1. The first kappa shape index (κ1) is 10.6. The molecule has 1 heteroatoms. The lowest BCUT2D eigenvalue weighted by Gasteiger charge is -1.99. The molecule has 0 aliphatic heterocycles. The summed E-state index contributed by atoms with van der Waals surface area (Å²) < 4.78 is 0. The lowest BCUT2D eigenvalue weighted by Crippen LogP contribution is -1.80. The van der Waals surface area contributed by atoms with E-state index >= 15 is 0 Å². The Labute approximate surface area is 95.8 Å². The van der Waals surface area contributed by atoms with E-state index in [-0.39, 0.29) is 0 Å². The van der Waals surface area contributed by atoms with E-state index in [1.807, 2.05) is 50.2 Å². The summed E-state index contributed by atoms with van der Waals surface area (Å²) in [5.74, 6) is 0. The number of para-hydroxylation sites is 2. The van der Waals surface area contributed by atoms with Gasteiger partial charge in [0.15, 0.2) is 0 Å². The molecule has 0 saturated carbocycles. The molecule has 0 unspecified atom stereocenters. The smallest absolute Gasteiger partial charge is 0.0709 e. The first-order valence-electron chi connectivity index (χ1n) is 5.68. The second-order valence-electron chi connectivity index (χ2n) is 3.37. The van der Waals surface area contributed by atoms with Crippen molar-refractivity contribution in [2.45, 2.75) is 13.8 Å². The molecule has 3 aromatic rings. The molecule has 0 N–H and O–H groups in total. The highest BCUT2D eigenvalue weighted by atomic mass is 14.7. The van der Waals surface area contributed by atoms with Crippen molar-refractivity contribution >= 4 is 21.8 Å². The normalized spacial score (nSPS) is 9.88. The van der Waals surface area contributed by atoms with Crippen LogP contribution in [-0.2, 0) is 0 Å². The predicted octanol–water partition coefficient (Wildman–Crippen LogP) is 4.41. The van der Waals surface area contributed by atoms with Crippen LogP contribution in [0.2, 0.25) is 0 Å². The van der Waals surface area contributed by atoms with E-state index in [4.69, 9.17) is 0 Å². The first-order valence-corrected chi connectivity index (χ1v) is 5.68. The van der Waals surface area contributed by atoms with E-state index in [9.17, 15) is 0 Å². The summed E-state index contributed by atoms with van der Waals surface area (Å²) in [6.45, 7) is 4.00. The molecule has 0 amide bonds. The van der Waals surface area contributed by atoms with Gasteiger partial charge in [-0.1, -0.05) is 50.2 Å². The van der Waals surface area contributed by atoms with Gasteiger partial charge >= 0.3 is 0 Å². The summed E-state index contributed by atoms with van der Waals surface area (Å²) >= 11 is 0. The van der Waals surface area contributed by atoms with Gasteiger partial charge in [-0.2, -0.15) is 0 Å². The van der Waals surface area contributed by atoms with Crippen molar-refractivity contribution in [1.82, 2.24) is 4.98 Å². The zero-order chi connectivity index (χ0) is 11.4. The Kier molecular flexibility index (Phi) is 3.16. The minimum Gasteiger partial charge on any atom is -0.248 e. The number of fused-ring (bicyclic) bond motifs is 2. The largest absolute Gasteiger partial charge is 0.248 e. The van der Waals surface area contributed by atoms with Gasteiger partial charge in [0.05, 0.1) is 11.0 Å². The molecule has 0 saturated heterocycles. The Hall–Kier alpha value is -1.89. The summed E-state index contributed by atoms with van der Waals surface area (Å²) in [4.78, 5) is 4.58. The van der Waals surface area contributed by atoms with Crippen LogP contribution >= 0.6 is 0 Å². The molecule has 3 rings (SSSR count). The number of hydrogen-bond donors (Lipinski definition) is 0. The van der Waals surface area contributed by atoms with Crippen LogP contribution in [0.25, 0.3) is 21.8 Å². The molecule has 0 spiro atoms. The SMILES string of the molecule is CC.c1ccc2nc3ccccc3cc2c1. The molecule has 2 aromatic carbocycles. The molecule has 80 valence electrons. The lowest BCUT2D eigenvalue weighted by atomic mass is 10.1. The summed E-state index contributed by atoms with van der Waals surface area (Å²) in [6.07, 6.45) is 0. The highest BCUT2D eigenvalue weighted by Crippen LogP contribution is 2.18. The molecule has 0 fully saturated rings. The van der Waals surface area contributed by atoms with Gasteiger partial charge < -0.3 is 0 Å². The van der Waals surface area contributed by atoms with Crippen molar-refractivity contribution in [2.75, 3.05) is 0 Å². The van der Waals surface area contributed by atoms with Gasteiger partial charge in [0.2, 0.25) is 0 Å². The Bertz CT molecular complexity index is 494. The standard InChI is InChI=1S/C13H9N.C2H6/c1-3-7-12-10(5-1)9-11-6-2-4-8-13(11)14-12;1-2/h1-9H;1-2H3.